The fourth-order valence-electron chi connectivity index (χ4n) is 5.81. The van der Waals surface area contributed by atoms with Crippen LogP contribution in [0.1, 0.15) is 60.2 Å². The summed E-state index contributed by atoms with van der Waals surface area (Å²) in [5, 5.41) is 0. The van der Waals surface area contributed by atoms with Gasteiger partial charge in [0.1, 0.15) is 0 Å². The lowest BCUT2D eigenvalue weighted by atomic mass is 9.52. The summed E-state index contributed by atoms with van der Waals surface area (Å²) >= 11 is 0. The molecule has 0 amide bonds. The normalized spacial score (nSPS) is 54.0. The van der Waals surface area contributed by atoms with E-state index in [0.29, 0.717) is 34.4 Å². The van der Waals surface area contributed by atoms with Crippen LogP contribution in [-0.4, -0.2) is 5.78 Å². The van der Waals surface area contributed by atoms with Crippen molar-refractivity contribution in [3.8, 4) is 0 Å². The standard InChI is InChI=1S/C17H24O.H2/c1-16-7-4-3-5-12(16)15-13(10-16)17(2)8-6-11(17)9-14(15)18;/h9,12-13,15H,3-8,10H2,1-2H3;1H/t12?,13?,15?,16-,17?;/m0./s1. The Morgan fingerprint density at radius 2 is 2.06 bits per heavy atom. The Morgan fingerprint density at radius 3 is 2.78 bits per heavy atom. The fraction of sp³-hybridized carbons (Fsp3) is 0.824. The Morgan fingerprint density at radius 1 is 1.22 bits per heavy atom. The molecule has 0 heterocycles. The molecule has 0 aliphatic heterocycles. The third kappa shape index (κ3) is 1.16. The highest BCUT2D eigenvalue weighted by molar-refractivity contribution is 5.95. The van der Waals surface area contributed by atoms with E-state index in [1.165, 1.54) is 50.5 Å². The van der Waals surface area contributed by atoms with Crippen LogP contribution in [0.5, 0.6) is 0 Å². The maximum atomic E-state index is 12.5. The van der Waals surface area contributed by atoms with Crippen LogP contribution in [0.2, 0.25) is 0 Å². The lowest BCUT2D eigenvalue weighted by molar-refractivity contribution is -0.124. The van der Waals surface area contributed by atoms with Crippen molar-refractivity contribution in [2.24, 2.45) is 28.6 Å². The van der Waals surface area contributed by atoms with Crippen LogP contribution in [0.25, 0.3) is 0 Å². The predicted molar refractivity (Wildman–Crippen MR) is 74.2 cm³/mol. The molecule has 100 valence electrons. The number of carbonyl (C=O) groups excluding carboxylic acids is 1. The molecule has 0 aromatic heterocycles. The summed E-state index contributed by atoms with van der Waals surface area (Å²) < 4.78 is 0. The number of carbonyl (C=O) groups is 1. The number of rotatable bonds is 0. The van der Waals surface area contributed by atoms with Gasteiger partial charge in [-0.05, 0) is 60.8 Å². The van der Waals surface area contributed by atoms with Crippen molar-refractivity contribution in [3.63, 3.8) is 0 Å². The van der Waals surface area contributed by atoms with Crippen LogP contribution in [0.4, 0.5) is 0 Å². The zero-order valence-electron chi connectivity index (χ0n) is 11.7. The molecule has 0 saturated heterocycles. The Kier molecular flexibility index (Phi) is 2.06. The molecule has 3 saturated carbocycles. The summed E-state index contributed by atoms with van der Waals surface area (Å²) in [6.45, 7) is 4.91. The van der Waals surface area contributed by atoms with Crippen LogP contribution in [0, 0.1) is 28.6 Å². The van der Waals surface area contributed by atoms with E-state index in [9.17, 15) is 4.79 Å². The summed E-state index contributed by atoms with van der Waals surface area (Å²) in [4.78, 5) is 12.5. The Bertz CT molecular complexity index is 454. The SMILES string of the molecule is CC12CCC1=CC(=O)C1C2C[C@]2(C)CCCCC12.[HH]. The average molecular weight is 246 g/mol. The summed E-state index contributed by atoms with van der Waals surface area (Å²) in [6, 6.07) is 0. The lowest BCUT2D eigenvalue weighted by Gasteiger charge is -2.51. The molecule has 18 heavy (non-hydrogen) atoms. The summed E-state index contributed by atoms with van der Waals surface area (Å²) in [5.74, 6) is 2.23. The molecule has 4 aliphatic rings. The van der Waals surface area contributed by atoms with Crippen molar-refractivity contribution in [1.29, 1.82) is 0 Å². The highest BCUT2D eigenvalue weighted by Crippen LogP contribution is 2.68. The molecule has 0 bridgehead atoms. The number of hydrogen-bond donors (Lipinski definition) is 0. The molecule has 4 rings (SSSR count). The van der Waals surface area contributed by atoms with E-state index in [1.807, 2.05) is 6.08 Å². The van der Waals surface area contributed by atoms with Crippen molar-refractivity contribution < 1.29 is 6.22 Å². The highest BCUT2D eigenvalue weighted by Gasteiger charge is 2.62. The first-order chi connectivity index (χ1) is 8.55. The van der Waals surface area contributed by atoms with E-state index >= 15 is 0 Å². The summed E-state index contributed by atoms with van der Waals surface area (Å²) in [7, 11) is 0. The van der Waals surface area contributed by atoms with Crippen LogP contribution in [0.15, 0.2) is 11.6 Å². The van der Waals surface area contributed by atoms with Crippen LogP contribution in [0.3, 0.4) is 0 Å². The molecule has 0 N–H and O–H groups in total. The Hall–Kier alpha value is -0.590. The van der Waals surface area contributed by atoms with Crippen molar-refractivity contribution in [1.82, 2.24) is 0 Å². The van der Waals surface area contributed by atoms with Gasteiger partial charge >= 0.3 is 0 Å². The quantitative estimate of drug-likeness (QED) is 0.620. The number of fused-ring (bicyclic) bond motifs is 5. The van der Waals surface area contributed by atoms with Crippen LogP contribution < -0.4 is 0 Å². The van der Waals surface area contributed by atoms with Gasteiger partial charge in [0.15, 0.2) is 5.78 Å². The summed E-state index contributed by atoms with van der Waals surface area (Å²) in [6.07, 6.45) is 11.3. The van der Waals surface area contributed by atoms with E-state index in [0.717, 1.165) is 0 Å². The molecule has 0 radical (unpaired) electrons. The minimum Gasteiger partial charge on any atom is -0.295 e. The van der Waals surface area contributed by atoms with E-state index in [-0.39, 0.29) is 1.43 Å². The third-order valence-electron chi connectivity index (χ3n) is 7.07. The molecule has 4 aliphatic carbocycles. The first-order valence-electron chi connectivity index (χ1n) is 7.79. The van der Waals surface area contributed by atoms with E-state index in [4.69, 9.17) is 0 Å². The molecule has 1 heteroatoms. The zero-order chi connectivity index (χ0) is 12.5. The van der Waals surface area contributed by atoms with Crippen molar-refractivity contribution >= 4 is 5.78 Å². The van der Waals surface area contributed by atoms with Gasteiger partial charge in [-0.3, -0.25) is 4.79 Å². The molecular formula is C17H26O. The molecule has 0 spiro atoms. The average Bonchev–Trinajstić information content (AvgIpc) is 2.65. The topological polar surface area (TPSA) is 17.1 Å². The van der Waals surface area contributed by atoms with Gasteiger partial charge in [0.25, 0.3) is 0 Å². The smallest absolute Gasteiger partial charge is 0.159 e. The molecule has 0 aromatic carbocycles. The van der Waals surface area contributed by atoms with Gasteiger partial charge in [0, 0.05) is 7.34 Å². The van der Waals surface area contributed by atoms with Gasteiger partial charge in [-0.15, -0.1) is 0 Å². The van der Waals surface area contributed by atoms with Gasteiger partial charge < -0.3 is 0 Å². The maximum Gasteiger partial charge on any atom is 0.159 e. The highest BCUT2D eigenvalue weighted by atomic mass is 16.1. The molecule has 1 nitrogen and oxygen atoms in total. The first-order valence-corrected chi connectivity index (χ1v) is 7.79. The van der Waals surface area contributed by atoms with Gasteiger partial charge in [0.05, 0.1) is 0 Å². The van der Waals surface area contributed by atoms with Crippen molar-refractivity contribution in [2.45, 2.75) is 58.8 Å². The molecule has 0 aromatic rings. The summed E-state index contributed by atoms with van der Waals surface area (Å²) in [5.41, 5.74) is 2.36. The fourth-order valence-corrected chi connectivity index (χ4v) is 5.81. The van der Waals surface area contributed by atoms with Gasteiger partial charge in [-0.1, -0.05) is 32.3 Å². The Balaban J connectivity index is 0.00000110. The van der Waals surface area contributed by atoms with E-state index < -0.39 is 0 Å². The minimum absolute atomic E-state index is 0. The van der Waals surface area contributed by atoms with Crippen LogP contribution in [-0.2, 0) is 4.79 Å². The second-order valence-corrected chi connectivity index (χ2v) is 7.83. The van der Waals surface area contributed by atoms with Crippen molar-refractivity contribution in [3.05, 3.63) is 11.6 Å². The monoisotopic (exact) mass is 246 g/mol. The van der Waals surface area contributed by atoms with Gasteiger partial charge in [0.2, 0.25) is 0 Å². The second-order valence-electron chi connectivity index (χ2n) is 7.83. The zero-order valence-corrected chi connectivity index (χ0v) is 11.7. The number of hydrogen-bond acceptors (Lipinski definition) is 1. The van der Waals surface area contributed by atoms with Crippen molar-refractivity contribution in [2.75, 3.05) is 0 Å². The number of ketones is 1. The lowest BCUT2D eigenvalue weighted by Crippen LogP contribution is -2.46. The molecular weight excluding hydrogens is 220 g/mol. The van der Waals surface area contributed by atoms with E-state index in [1.54, 1.807) is 0 Å². The molecule has 4 unspecified atom stereocenters. The Labute approximate surface area is 112 Å². The van der Waals surface area contributed by atoms with E-state index in [2.05, 4.69) is 13.8 Å². The van der Waals surface area contributed by atoms with Gasteiger partial charge in [-0.2, -0.15) is 0 Å². The van der Waals surface area contributed by atoms with Crippen LogP contribution >= 0.6 is 0 Å². The first kappa shape index (κ1) is 11.3. The predicted octanol–water partition coefficient (Wildman–Crippen LogP) is 4.37. The largest absolute Gasteiger partial charge is 0.295 e. The number of allylic oxidation sites excluding steroid dienone is 2. The maximum absolute atomic E-state index is 12.5. The molecule has 3 fully saturated rings. The van der Waals surface area contributed by atoms with Gasteiger partial charge in [-0.25, -0.2) is 0 Å². The molecule has 5 atom stereocenters. The third-order valence-corrected chi connectivity index (χ3v) is 7.07. The second kappa shape index (κ2) is 3.29. The minimum atomic E-state index is 0.